The number of amides is 2. The van der Waals surface area contributed by atoms with Crippen molar-refractivity contribution < 1.29 is 9.59 Å². The molecule has 1 N–H and O–H groups in total. The molecule has 1 saturated heterocycles. The second kappa shape index (κ2) is 9.42. The molecule has 1 aliphatic heterocycles. The van der Waals surface area contributed by atoms with Gasteiger partial charge in [-0.1, -0.05) is 41.9 Å². The Balaban J connectivity index is 1.37. The van der Waals surface area contributed by atoms with Gasteiger partial charge in [0.15, 0.2) is 0 Å². The zero-order chi connectivity index (χ0) is 19.1. The van der Waals surface area contributed by atoms with E-state index < -0.39 is 0 Å². The first kappa shape index (κ1) is 19.2. The van der Waals surface area contributed by atoms with Crippen molar-refractivity contribution in [3.05, 3.63) is 65.2 Å². The molecule has 2 aromatic rings. The van der Waals surface area contributed by atoms with Crippen LogP contribution in [-0.2, 0) is 16.0 Å². The van der Waals surface area contributed by atoms with E-state index in [4.69, 9.17) is 11.6 Å². The monoisotopic (exact) mass is 385 g/mol. The quantitative estimate of drug-likeness (QED) is 0.778. The van der Waals surface area contributed by atoms with Gasteiger partial charge in [-0.2, -0.15) is 0 Å². The van der Waals surface area contributed by atoms with Crippen LogP contribution in [0.3, 0.4) is 0 Å². The summed E-state index contributed by atoms with van der Waals surface area (Å²) in [6.07, 6.45) is 0.624. The van der Waals surface area contributed by atoms with E-state index >= 15 is 0 Å². The van der Waals surface area contributed by atoms with E-state index in [2.05, 4.69) is 22.3 Å². The summed E-state index contributed by atoms with van der Waals surface area (Å²) in [6.45, 7) is 3.37. The van der Waals surface area contributed by atoms with Crippen LogP contribution in [0.2, 0.25) is 5.02 Å². The SMILES string of the molecule is O=C(CC(=O)N1CCN(c2ccccc2)CC1)NCCc1ccc(Cl)cc1. The Morgan fingerprint density at radius 2 is 1.59 bits per heavy atom. The smallest absolute Gasteiger partial charge is 0.232 e. The molecule has 1 fully saturated rings. The van der Waals surface area contributed by atoms with Crippen LogP contribution < -0.4 is 10.2 Å². The molecule has 2 aromatic carbocycles. The molecule has 142 valence electrons. The number of carbonyl (C=O) groups is 2. The van der Waals surface area contributed by atoms with Crippen molar-refractivity contribution in [3.8, 4) is 0 Å². The summed E-state index contributed by atoms with van der Waals surface area (Å²) in [5.41, 5.74) is 2.27. The molecule has 0 aromatic heterocycles. The van der Waals surface area contributed by atoms with E-state index in [0.717, 1.165) is 18.7 Å². The summed E-state index contributed by atoms with van der Waals surface area (Å²) < 4.78 is 0. The van der Waals surface area contributed by atoms with Gasteiger partial charge in [0, 0.05) is 43.4 Å². The predicted molar refractivity (Wildman–Crippen MR) is 108 cm³/mol. The molecular weight excluding hydrogens is 362 g/mol. The van der Waals surface area contributed by atoms with Gasteiger partial charge in [-0.25, -0.2) is 0 Å². The third-order valence-corrected chi connectivity index (χ3v) is 4.97. The number of para-hydroxylation sites is 1. The average Bonchev–Trinajstić information content (AvgIpc) is 2.70. The summed E-state index contributed by atoms with van der Waals surface area (Å²) in [5.74, 6) is -0.328. The summed E-state index contributed by atoms with van der Waals surface area (Å²) in [4.78, 5) is 28.4. The summed E-state index contributed by atoms with van der Waals surface area (Å²) >= 11 is 5.86. The molecule has 0 unspecified atom stereocenters. The van der Waals surface area contributed by atoms with E-state index in [0.29, 0.717) is 31.1 Å². The Kier molecular flexibility index (Phi) is 6.71. The minimum absolute atomic E-state index is 0.0913. The zero-order valence-corrected chi connectivity index (χ0v) is 16.0. The lowest BCUT2D eigenvalue weighted by atomic mass is 10.1. The van der Waals surface area contributed by atoms with E-state index in [1.165, 1.54) is 5.69 Å². The second-order valence-electron chi connectivity index (χ2n) is 6.61. The first-order valence-electron chi connectivity index (χ1n) is 9.21. The number of benzene rings is 2. The van der Waals surface area contributed by atoms with Gasteiger partial charge in [-0.3, -0.25) is 9.59 Å². The van der Waals surface area contributed by atoms with Gasteiger partial charge in [0.25, 0.3) is 0 Å². The molecule has 0 spiro atoms. The number of carbonyl (C=O) groups excluding carboxylic acids is 2. The molecule has 0 saturated carbocycles. The third kappa shape index (κ3) is 5.73. The molecule has 5 nitrogen and oxygen atoms in total. The van der Waals surface area contributed by atoms with Gasteiger partial charge in [0.05, 0.1) is 0 Å². The van der Waals surface area contributed by atoms with Crippen LogP contribution in [0.5, 0.6) is 0 Å². The highest BCUT2D eigenvalue weighted by Crippen LogP contribution is 2.16. The average molecular weight is 386 g/mol. The van der Waals surface area contributed by atoms with Crippen LogP contribution in [0.1, 0.15) is 12.0 Å². The Morgan fingerprint density at radius 3 is 2.26 bits per heavy atom. The van der Waals surface area contributed by atoms with Crippen LogP contribution in [-0.4, -0.2) is 49.4 Å². The van der Waals surface area contributed by atoms with Gasteiger partial charge >= 0.3 is 0 Å². The number of nitrogens with zero attached hydrogens (tertiary/aromatic N) is 2. The first-order chi connectivity index (χ1) is 13.1. The number of halogens is 1. The molecule has 2 amide bonds. The lowest BCUT2D eigenvalue weighted by Crippen LogP contribution is -2.49. The van der Waals surface area contributed by atoms with Crippen LogP contribution in [0.15, 0.2) is 54.6 Å². The van der Waals surface area contributed by atoms with Crippen molar-refractivity contribution in [1.29, 1.82) is 0 Å². The molecule has 0 radical (unpaired) electrons. The van der Waals surface area contributed by atoms with E-state index in [-0.39, 0.29) is 18.2 Å². The summed E-state index contributed by atoms with van der Waals surface area (Å²) in [6, 6.07) is 17.7. The third-order valence-electron chi connectivity index (χ3n) is 4.71. The topological polar surface area (TPSA) is 52.7 Å². The molecule has 3 rings (SSSR count). The highest BCUT2D eigenvalue weighted by Gasteiger charge is 2.22. The van der Waals surface area contributed by atoms with Crippen LogP contribution in [0.25, 0.3) is 0 Å². The van der Waals surface area contributed by atoms with Crippen molar-refractivity contribution >= 4 is 29.1 Å². The van der Waals surface area contributed by atoms with Gasteiger partial charge in [0.1, 0.15) is 6.42 Å². The number of rotatable bonds is 6. The van der Waals surface area contributed by atoms with Crippen LogP contribution in [0, 0.1) is 0 Å². The van der Waals surface area contributed by atoms with Crippen molar-refractivity contribution in [1.82, 2.24) is 10.2 Å². The van der Waals surface area contributed by atoms with Crippen LogP contribution >= 0.6 is 11.6 Å². The van der Waals surface area contributed by atoms with Gasteiger partial charge < -0.3 is 15.1 Å². The standard InChI is InChI=1S/C21H24ClN3O2/c22-18-8-6-17(7-9-18)10-11-23-20(26)16-21(27)25-14-12-24(13-15-25)19-4-2-1-3-5-19/h1-9H,10-16H2,(H,23,26). The van der Waals surface area contributed by atoms with E-state index in [1.54, 1.807) is 4.90 Å². The number of hydrogen-bond donors (Lipinski definition) is 1. The molecule has 6 heteroatoms. The van der Waals surface area contributed by atoms with Gasteiger partial charge in [-0.05, 0) is 36.2 Å². The van der Waals surface area contributed by atoms with E-state index in [1.807, 2.05) is 42.5 Å². The zero-order valence-electron chi connectivity index (χ0n) is 15.2. The first-order valence-corrected chi connectivity index (χ1v) is 9.58. The van der Waals surface area contributed by atoms with Crippen molar-refractivity contribution in [2.45, 2.75) is 12.8 Å². The fourth-order valence-corrected chi connectivity index (χ4v) is 3.29. The van der Waals surface area contributed by atoms with Crippen molar-refractivity contribution in [2.75, 3.05) is 37.6 Å². The number of nitrogens with one attached hydrogen (secondary N) is 1. The Bertz CT molecular complexity index is 757. The van der Waals surface area contributed by atoms with Gasteiger partial charge in [-0.15, -0.1) is 0 Å². The second-order valence-corrected chi connectivity index (χ2v) is 7.04. The maximum absolute atomic E-state index is 12.4. The molecule has 0 atom stereocenters. The Morgan fingerprint density at radius 1 is 0.926 bits per heavy atom. The maximum atomic E-state index is 12.4. The lowest BCUT2D eigenvalue weighted by molar-refractivity contribution is -0.136. The van der Waals surface area contributed by atoms with E-state index in [9.17, 15) is 9.59 Å². The largest absolute Gasteiger partial charge is 0.368 e. The summed E-state index contributed by atoms with van der Waals surface area (Å²) in [5, 5.41) is 3.52. The minimum Gasteiger partial charge on any atom is -0.368 e. The highest BCUT2D eigenvalue weighted by molar-refractivity contribution is 6.30. The predicted octanol–water partition coefficient (Wildman–Crippen LogP) is 2.74. The maximum Gasteiger partial charge on any atom is 0.232 e. The number of piperazine rings is 1. The molecule has 0 aliphatic carbocycles. The lowest BCUT2D eigenvalue weighted by Gasteiger charge is -2.36. The molecule has 1 aliphatic rings. The Labute approximate surface area is 164 Å². The van der Waals surface area contributed by atoms with Gasteiger partial charge in [0.2, 0.25) is 11.8 Å². The molecule has 1 heterocycles. The minimum atomic E-state index is -0.223. The fourth-order valence-electron chi connectivity index (χ4n) is 3.16. The number of hydrogen-bond acceptors (Lipinski definition) is 3. The molecular formula is C21H24ClN3O2. The van der Waals surface area contributed by atoms with Crippen molar-refractivity contribution in [2.24, 2.45) is 0 Å². The Hall–Kier alpha value is -2.53. The highest BCUT2D eigenvalue weighted by atomic mass is 35.5. The van der Waals surface area contributed by atoms with Crippen molar-refractivity contribution in [3.63, 3.8) is 0 Å². The fraction of sp³-hybridized carbons (Fsp3) is 0.333. The summed E-state index contributed by atoms with van der Waals surface area (Å²) in [7, 11) is 0. The number of anilines is 1. The molecule has 27 heavy (non-hydrogen) atoms. The molecule has 0 bridgehead atoms. The van der Waals surface area contributed by atoms with Crippen LogP contribution in [0.4, 0.5) is 5.69 Å². The normalized spacial score (nSPS) is 14.1.